The molecule has 0 radical (unpaired) electrons. The van der Waals surface area contributed by atoms with Crippen molar-refractivity contribution in [3.8, 4) is 17.2 Å². The molecule has 3 aromatic rings. The van der Waals surface area contributed by atoms with Crippen molar-refractivity contribution in [2.75, 3.05) is 34.4 Å². The van der Waals surface area contributed by atoms with E-state index in [0.29, 0.717) is 48.1 Å². The second-order valence-electron chi connectivity index (χ2n) is 9.16. The van der Waals surface area contributed by atoms with Gasteiger partial charge in [-0.05, 0) is 80.3 Å². The van der Waals surface area contributed by atoms with Gasteiger partial charge in [0.25, 0.3) is 5.91 Å². The summed E-state index contributed by atoms with van der Waals surface area (Å²) in [6.45, 7) is 2.68. The van der Waals surface area contributed by atoms with E-state index < -0.39 is 0 Å². The smallest absolute Gasteiger partial charge is 0.254 e. The van der Waals surface area contributed by atoms with E-state index in [1.807, 2.05) is 37.3 Å². The highest BCUT2D eigenvalue weighted by molar-refractivity contribution is 5.97. The van der Waals surface area contributed by atoms with Gasteiger partial charge >= 0.3 is 0 Å². The van der Waals surface area contributed by atoms with Gasteiger partial charge in [0.1, 0.15) is 23.8 Å². The number of carbonyl (C=O) groups excluding carboxylic acids is 2. The molecule has 0 bridgehead atoms. The van der Waals surface area contributed by atoms with Crippen molar-refractivity contribution in [3.05, 3.63) is 77.2 Å². The van der Waals surface area contributed by atoms with Crippen LogP contribution in [-0.4, -0.2) is 62.1 Å². The van der Waals surface area contributed by atoms with Crippen molar-refractivity contribution in [2.24, 2.45) is 0 Å². The van der Waals surface area contributed by atoms with E-state index >= 15 is 0 Å². The summed E-state index contributed by atoms with van der Waals surface area (Å²) in [7, 11) is 4.79. The van der Waals surface area contributed by atoms with Crippen LogP contribution < -0.4 is 14.2 Å². The Morgan fingerprint density at radius 3 is 2.24 bits per heavy atom. The van der Waals surface area contributed by atoms with Crippen molar-refractivity contribution in [1.82, 2.24) is 9.80 Å². The van der Waals surface area contributed by atoms with Crippen LogP contribution in [0, 0.1) is 6.92 Å². The Bertz CT molecular complexity index is 1220. The van der Waals surface area contributed by atoms with Gasteiger partial charge in [-0.2, -0.15) is 0 Å². The highest BCUT2D eigenvalue weighted by Gasteiger charge is 2.35. The van der Waals surface area contributed by atoms with Crippen LogP contribution in [0.15, 0.2) is 59.0 Å². The lowest BCUT2D eigenvalue weighted by Crippen LogP contribution is -2.44. The molecule has 0 spiro atoms. The first kappa shape index (κ1) is 26.1. The molecule has 8 heteroatoms. The Labute approximate surface area is 217 Å². The Hall–Kier alpha value is -3.94. The minimum atomic E-state index is -0.146. The average Bonchev–Trinajstić information content (AvgIpc) is 3.69. The zero-order valence-electron chi connectivity index (χ0n) is 21.9. The number of hydrogen-bond donors (Lipinski definition) is 0. The van der Waals surface area contributed by atoms with Crippen molar-refractivity contribution in [1.29, 1.82) is 0 Å². The van der Waals surface area contributed by atoms with Crippen LogP contribution in [0.1, 0.15) is 40.3 Å². The SMILES string of the molecule is COc1ccc(C(=O)N(CC(=O)N(CCc2ccc(OC)c(OC)c2)Cc2ccc(C)o2)C2CC2)cc1. The fraction of sp³-hybridized carbons (Fsp3) is 0.379. The number of carbonyl (C=O) groups is 2. The molecule has 1 aromatic heterocycles. The maximum absolute atomic E-state index is 13.6. The molecule has 1 aliphatic carbocycles. The first-order valence-electron chi connectivity index (χ1n) is 12.4. The number of nitrogens with zero attached hydrogens (tertiary/aromatic N) is 2. The number of hydrogen-bond acceptors (Lipinski definition) is 6. The first-order valence-corrected chi connectivity index (χ1v) is 12.4. The van der Waals surface area contributed by atoms with Crippen molar-refractivity contribution in [3.63, 3.8) is 0 Å². The number of ether oxygens (including phenoxy) is 3. The average molecular weight is 507 g/mol. The molecule has 1 heterocycles. The number of aryl methyl sites for hydroxylation is 1. The minimum Gasteiger partial charge on any atom is -0.497 e. The van der Waals surface area contributed by atoms with Crippen LogP contribution in [0.4, 0.5) is 0 Å². The molecule has 4 rings (SSSR count). The molecule has 0 N–H and O–H groups in total. The Morgan fingerprint density at radius 1 is 0.919 bits per heavy atom. The van der Waals surface area contributed by atoms with Gasteiger partial charge in [-0.15, -0.1) is 0 Å². The molecular weight excluding hydrogens is 472 g/mol. The summed E-state index contributed by atoms with van der Waals surface area (Å²) in [4.78, 5) is 30.4. The van der Waals surface area contributed by atoms with Crippen LogP contribution in [-0.2, 0) is 17.8 Å². The Balaban J connectivity index is 1.50. The van der Waals surface area contributed by atoms with Gasteiger partial charge < -0.3 is 28.4 Å². The number of methoxy groups -OCH3 is 3. The van der Waals surface area contributed by atoms with Gasteiger partial charge in [-0.3, -0.25) is 9.59 Å². The Morgan fingerprint density at radius 2 is 1.65 bits per heavy atom. The molecular formula is C29H34N2O6. The third kappa shape index (κ3) is 6.64. The van der Waals surface area contributed by atoms with Gasteiger partial charge in [0.15, 0.2) is 11.5 Å². The monoisotopic (exact) mass is 506 g/mol. The van der Waals surface area contributed by atoms with Gasteiger partial charge in [0.05, 0.1) is 27.9 Å². The van der Waals surface area contributed by atoms with Crippen LogP contribution in [0.3, 0.4) is 0 Å². The standard InChI is InChI=1S/C29H34N2O6/c1-20-5-11-25(37-20)18-30(16-15-21-6-14-26(35-3)27(17-21)36-4)28(32)19-31(23-9-10-23)29(33)22-7-12-24(34-2)13-8-22/h5-8,11-14,17,23H,9-10,15-16,18-19H2,1-4H3. The molecule has 0 unspecified atom stereocenters. The van der Waals surface area contributed by atoms with E-state index in [1.165, 1.54) is 0 Å². The van der Waals surface area contributed by atoms with Crippen LogP contribution in [0.25, 0.3) is 0 Å². The number of rotatable bonds is 12. The maximum atomic E-state index is 13.6. The van der Waals surface area contributed by atoms with Crippen molar-refractivity contribution in [2.45, 2.75) is 38.8 Å². The highest BCUT2D eigenvalue weighted by Crippen LogP contribution is 2.30. The van der Waals surface area contributed by atoms with E-state index in [4.69, 9.17) is 18.6 Å². The summed E-state index contributed by atoms with van der Waals surface area (Å²) in [5, 5.41) is 0. The fourth-order valence-corrected chi connectivity index (χ4v) is 4.25. The molecule has 0 aliphatic heterocycles. The molecule has 196 valence electrons. The molecule has 2 aromatic carbocycles. The summed E-state index contributed by atoms with van der Waals surface area (Å²) >= 11 is 0. The molecule has 0 atom stereocenters. The summed E-state index contributed by atoms with van der Waals surface area (Å²) in [6, 6.07) is 16.6. The number of benzene rings is 2. The number of furan rings is 1. The fourth-order valence-electron chi connectivity index (χ4n) is 4.25. The van der Waals surface area contributed by atoms with Gasteiger partial charge in [-0.1, -0.05) is 6.07 Å². The first-order chi connectivity index (χ1) is 17.9. The highest BCUT2D eigenvalue weighted by atomic mass is 16.5. The van der Waals surface area contributed by atoms with Crippen LogP contribution >= 0.6 is 0 Å². The van der Waals surface area contributed by atoms with E-state index in [-0.39, 0.29) is 24.4 Å². The summed E-state index contributed by atoms with van der Waals surface area (Å²) in [6.07, 6.45) is 2.41. The van der Waals surface area contributed by atoms with Gasteiger partial charge in [0.2, 0.25) is 5.91 Å². The molecule has 0 saturated heterocycles. The molecule has 8 nitrogen and oxygen atoms in total. The summed E-state index contributed by atoms with van der Waals surface area (Å²) in [5.74, 6) is 3.21. The van der Waals surface area contributed by atoms with E-state index in [0.717, 1.165) is 24.2 Å². The van der Waals surface area contributed by atoms with Crippen molar-refractivity contribution < 1.29 is 28.2 Å². The second kappa shape index (κ2) is 11.9. The quantitative estimate of drug-likeness (QED) is 0.360. The number of amides is 2. The van der Waals surface area contributed by atoms with E-state index in [1.54, 1.807) is 55.4 Å². The lowest BCUT2D eigenvalue weighted by Gasteiger charge is -2.27. The van der Waals surface area contributed by atoms with E-state index in [2.05, 4.69) is 0 Å². The molecule has 37 heavy (non-hydrogen) atoms. The van der Waals surface area contributed by atoms with Crippen molar-refractivity contribution >= 4 is 11.8 Å². The normalized spacial score (nSPS) is 12.6. The third-order valence-corrected chi connectivity index (χ3v) is 6.50. The lowest BCUT2D eigenvalue weighted by atomic mass is 10.1. The maximum Gasteiger partial charge on any atom is 0.254 e. The third-order valence-electron chi connectivity index (χ3n) is 6.50. The zero-order valence-corrected chi connectivity index (χ0v) is 21.9. The predicted octanol–water partition coefficient (Wildman–Crippen LogP) is 4.49. The summed E-state index contributed by atoms with van der Waals surface area (Å²) < 4.78 is 21.7. The Kier molecular flexibility index (Phi) is 8.38. The zero-order chi connectivity index (χ0) is 26.4. The predicted molar refractivity (Wildman–Crippen MR) is 139 cm³/mol. The summed E-state index contributed by atoms with van der Waals surface area (Å²) in [5.41, 5.74) is 1.55. The largest absolute Gasteiger partial charge is 0.497 e. The molecule has 2 amide bonds. The van der Waals surface area contributed by atoms with Gasteiger partial charge in [0, 0.05) is 18.2 Å². The molecule has 1 saturated carbocycles. The van der Waals surface area contributed by atoms with E-state index in [9.17, 15) is 9.59 Å². The molecule has 1 fully saturated rings. The van der Waals surface area contributed by atoms with Crippen LogP contribution in [0.2, 0.25) is 0 Å². The minimum absolute atomic E-state index is 0.0150. The lowest BCUT2D eigenvalue weighted by molar-refractivity contribution is -0.132. The topological polar surface area (TPSA) is 81.5 Å². The van der Waals surface area contributed by atoms with Crippen LogP contribution in [0.5, 0.6) is 17.2 Å². The van der Waals surface area contributed by atoms with Gasteiger partial charge in [-0.25, -0.2) is 0 Å². The molecule has 1 aliphatic rings. The second-order valence-corrected chi connectivity index (χ2v) is 9.16.